The monoisotopic (exact) mass is 542 g/mol. The molecule has 186 valence electrons. The molecule has 0 radical (unpaired) electrons. The predicted octanol–water partition coefficient (Wildman–Crippen LogP) is 5.30. The summed E-state index contributed by atoms with van der Waals surface area (Å²) in [6.45, 7) is 3.54. The van der Waals surface area contributed by atoms with E-state index in [4.69, 9.17) is 16.7 Å². The van der Waals surface area contributed by atoms with E-state index in [-0.39, 0.29) is 22.7 Å². The highest BCUT2D eigenvalue weighted by molar-refractivity contribution is 8.01. The molecule has 0 saturated heterocycles. The van der Waals surface area contributed by atoms with Crippen molar-refractivity contribution in [2.75, 3.05) is 17.3 Å². The van der Waals surface area contributed by atoms with Gasteiger partial charge in [-0.1, -0.05) is 55.8 Å². The number of aliphatic carboxylic acids is 1. The number of carboxylic acid groups (broad SMARTS) is 1. The number of carbonyl (C=O) groups excluding carboxylic acids is 1. The van der Waals surface area contributed by atoms with Crippen LogP contribution in [0.3, 0.4) is 0 Å². The maximum atomic E-state index is 13.0. The van der Waals surface area contributed by atoms with Gasteiger partial charge in [0.15, 0.2) is 5.78 Å². The van der Waals surface area contributed by atoms with Crippen LogP contribution in [0.2, 0.25) is 5.02 Å². The minimum Gasteiger partial charge on any atom is -0.481 e. The Balaban J connectivity index is 1.57. The fraction of sp³-hybridized carbons (Fsp3) is 0.520. The van der Waals surface area contributed by atoms with Crippen LogP contribution in [0.4, 0.5) is 0 Å². The van der Waals surface area contributed by atoms with Crippen molar-refractivity contribution >= 4 is 68.3 Å². The van der Waals surface area contributed by atoms with E-state index in [9.17, 15) is 19.8 Å². The number of fused-ring (bicyclic) bond motifs is 1. The number of aliphatic hydroxyl groups excluding tert-OH is 2. The number of thiophene rings is 1. The van der Waals surface area contributed by atoms with Crippen LogP contribution in [0.5, 0.6) is 0 Å². The number of carboxylic acids is 1. The molecule has 0 spiro atoms. The third-order valence-corrected chi connectivity index (χ3v) is 10.3. The molecule has 1 fully saturated rings. The second-order valence-corrected chi connectivity index (χ2v) is 12.9. The molecule has 1 aromatic carbocycles. The fourth-order valence-corrected chi connectivity index (χ4v) is 7.99. The summed E-state index contributed by atoms with van der Waals surface area (Å²) in [5, 5.41) is 31.5. The lowest BCUT2D eigenvalue weighted by atomic mass is 9.86. The molecule has 1 aliphatic rings. The Morgan fingerprint density at radius 3 is 2.74 bits per heavy atom. The minimum absolute atomic E-state index is 0.0180. The number of aliphatic hydroxyl groups is 2. The van der Waals surface area contributed by atoms with Crippen LogP contribution in [0.15, 0.2) is 36.4 Å². The Morgan fingerprint density at radius 2 is 2.03 bits per heavy atom. The Bertz CT molecular complexity index is 1030. The van der Waals surface area contributed by atoms with Gasteiger partial charge in [0, 0.05) is 20.9 Å². The van der Waals surface area contributed by atoms with Crippen molar-refractivity contribution in [3.05, 3.63) is 46.3 Å². The van der Waals surface area contributed by atoms with Crippen LogP contribution in [0, 0.1) is 11.3 Å². The van der Waals surface area contributed by atoms with Crippen LogP contribution in [0.25, 0.3) is 10.1 Å². The van der Waals surface area contributed by atoms with E-state index in [2.05, 4.69) is 0 Å². The Hall–Kier alpha value is -1.03. The van der Waals surface area contributed by atoms with E-state index in [1.807, 2.05) is 24.3 Å². The number of aryl methyl sites for hydroxylation is 1. The van der Waals surface area contributed by atoms with Gasteiger partial charge in [-0.3, -0.25) is 9.59 Å². The van der Waals surface area contributed by atoms with Gasteiger partial charge in [0.1, 0.15) is 0 Å². The van der Waals surface area contributed by atoms with Gasteiger partial charge in [-0.2, -0.15) is 11.8 Å². The first kappa shape index (κ1) is 27.6. The highest BCUT2D eigenvalue weighted by Crippen LogP contribution is 2.45. The fourth-order valence-electron chi connectivity index (χ4n) is 4.11. The quantitative estimate of drug-likeness (QED) is 0.247. The van der Waals surface area contributed by atoms with Gasteiger partial charge in [-0.05, 0) is 36.8 Å². The first-order valence-electron chi connectivity index (χ1n) is 11.3. The van der Waals surface area contributed by atoms with Gasteiger partial charge in [0.25, 0.3) is 0 Å². The molecular formula is C25H31ClO5S3. The average molecular weight is 543 g/mol. The number of hydrogen-bond donors (Lipinski definition) is 3. The summed E-state index contributed by atoms with van der Waals surface area (Å²) in [4.78, 5) is 24.6. The first-order valence-corrected chi connectivity index (χ1v) is 14.7. The van der Waals surface area contributed by atoms with Crippen molar-refractivity contribution in [1.29, 1.82) is 0 Å². The van der Waals surface area contributed by atoms with Crippen molar-refractivity contribution < 1.29 is 24.9 Å². The van der Waals surface area contributed by atoms with Crippen molar-refractivity contribution in [3.63, 3.8) is 0 Å². The summed E-state index contributed by atoms with van der Waals surface area (Å²) in [5.41, 5.74) is -0.847. The summed E-state index contributed by atoms with van der Waals surface area (Å²) in [6, 6.07) is 7.97. The topological polar surface area (TPSA) is 94.8 Å². The van der Waals surface area contributed by atoms with E-state index >= 15 is 0 Å². The number of hydrogen-bond acceptors (Lipinski definition) is 7. The second kappa shape index (κ2) is 12.3. The maximum absolute atomic E-state index is 13.0. The van der Waals surface area contributed by atoms with Crippen molar-refractivity contribution in [2.45, 2.75) is 50.6 Å². The molecule has 1 aliphatic carbocycles. The number of rotatable bonds is 12. The molecule has 2 unspecified atom stereocenters. The highest BCUT2D eigenvalue weighted by atomic mass is 35.5. The molecule has 5 nitrogen and oxygen atoms in total. The molecule has 1 saturated carbocycles. The van der Waals surface area contributed by atoms with Crippen LogP contribution in [-0.4, -0.2) is 61.8 Å². The van der Waals surface area contributed by atoms with E-state index in [1.54, 1.807) is 37.3 Å². The molecule has 1 heterocycles. The van der Waals surface area contributed by atoms with Gasteiger partial charge in [-0.15, -0.1) is 23.1 Å². The molecule has 0 aliphatic heterocycles. The SMILES string of the molecule is CC1(C)C(=O)[C@H](SCCCSCC(=O)O)C(/C=C/C(O)CCc2sc3ccccc3c2Cl)[C@@H]1O. The van der Waals surface area contributed by atoms with E-state index in [1.165, 1.54) is 23.5 Å². The van der Waals surface area contributed by atoms with Crippen LogP contribution >= 0.6 is 46.5 Å². The number of benzene rings is 1. The number of ketones is 1. The molecule has 3 rings (SSSR count). The standard InChI is InChI=1S/C25H31ClO5S3/c1-25(2)23(30)17(22(24(25)31)33-13-5-12-32-14-20(28)29)10-8-15(27)9-11-19-21(26)16-6-3-4-7-18(16)34-19/h3-4,6-8,10,15,17,22-23,27,30H,5,9,11-14H2,1-2H3,(H,28,29)/b10-8+/t15?,17?,22-,23+/m1/s1. The molecule has 0 amide bonds. The zero-order chi connectivity index (χ0) is 24.9. The largest absolute Gasteiger partial charge is 0.481 e. The molecule has 3 N–H and O–H groups in total. The van der Waals surface area contributed by atoms with Crippen molar-refractivity contribution in [1.82, 2.24) is 0 Å². The Labute approximate surface area is 218 Å². The van der Waals surface area contributed by atoms with Crippen molar-refractivity contribution in [2.24, 2.45) is 11.3 Å². The van der Waals surface area contributed by atoms with Crippen LogP contribution < -0.4 is 0 Å². The van der Waals surface area contributed by atoms with E-state index in [0.717, 1.165) is 26.4 Å². The average Bonchev–Trinajstić information content (AvgIpc) is 3.20. The van der Waals surface area contributed by atoms with Gasteiger partial charge < -0.3 is 15.3 Å². The number of Topliss-reactive ketones (excluding diaryl/α,β-unsaturated/α-hetero) is 1. The molecule has 34 heavy (non-hydrogen) atoms. The molecule has 0 bridgehead atoms. The minimum atomic E-state index is -0.847. The zero-order valence-corrected chi connectivity index (χ0v) is 22.5. The number of thioether (sulfide) groups is 2. The normalized spacial score (nSPS) is 23.2. The lowest BCUT2D eigenvalue weighted by Crippen LogP contribution is -2.31. The van der Waals surface area contributed by atoms with Crippen LogP contribution in [0.1, 0.15) is 31.6 Å². The second-order valence-electron chi connectivity index (χ2n) is 9.03. The Morgan fingerprint density at radius 1 is 1.29 bits per heavy atom. The van der Waals surface area contributed by atoms with Crippen molar-refractivity contribution in [3.8, 4) is 0 Å². The zero-order valence-electron chi connectivity index (χ0n) is 19.3. The van der Waals surface area contributed by atoms with Gasteiger partial charge in [-0.25, -0.2) is 0 Å². The molecular weight excluding hydrogens is 512 g/mol. The summed E-state index contributed by atoms with van der Waals surface area (Å²) in [5.74, 6) is 0.321. The predicted molar refractivity (Wildman–Crippen MR) is 144 cm³/mol. The van der Waals surface area contributed by atoms with Gasteiger partial charge >= 0.3 is 5.97 Å². The molecule has 1 aromatic heterocycles. The number of halogens is 1. The van der Waals surface area contributed by atoms with Crippen LogP contribution in [-0.2, 0) is 16.0 Å². The smallest absolute Gasteiger partial charge is 0.313 e. The molecule has 2 aromatic rings. The van der Waals surface area contributed by atoms with Gasteiger partial charge in [0.05, 0.1) is 33.6 Å². The molecule has 9 heteroatoms. The number of carbonyl (C=O) groups is 2. The third kappa shape index (κ3) is 6.59. The third-order valence-electron chi connectivity index (χ3n) is 6.13. The highest BCUT2D eigenvalue weighted by Gasteiger charge is 2.53. The lowest BCUT2D eigenvalue weighted by molar-refractivity contribution is -0.134. The summed E-state index contributed by atoms with van der Waals surface area (Å²) in [6.07, 6.45) is 3.91. The summed E-state index contributed by atoms with van der Waals surface area (Å²) < 4.78 is 1.13. The molecule has 4 atom stereocenters. The summed E-state index contributed by atoms with van der Waals surface area (Å²) >= 11 is 11.0. The summed E-state index contributed by atoms with van der Waals surface area (Å²) in [7, 11) is 0. The van der Waals surface area contributed by atoms with E-state index in [0.29, 0.717) is 24.3 Å². The van der Waals surface area contributed by atoms with Gasteiger partial charge in [0.2, 0.25) is 0 Å². The Kier molecular flexibility index (Phi) is 9.95. The van der Waals surface area contributed by atoms with E-state index < -0.39 is 23.6 Å². The maximum Gasteiger partial charge on any atom is 0.313 e. The first-order chi connectivity index (χ1) is 16.1. The lowest BCUT2D eigenvalue weighted by Gasteiger charge is -2.22.